The Morgan fingerprint density at radius 3 is 2.55 bits per heavy atom. The number of fused-ring (bicyclic) bond motifs is 1. The maximum Gasteiger partial charge on any atom is 0.339 e. The van der Waals surface area contributed by atoms with E-state index in [0.29, 0.717) is 35.0 Å². The van der Waals surface area contributed by atoms with Crippen molar-refractivity contribution >= 4 is 28.6 Å². The van der Waals surface area contributed by atoms with Gasteiger partial charge in [0.05, 0.1) is 28.9 Å². The van der Waals surface area contributed by atoms with Crippen LogP contribution in [0, 0.1) is 0 Å². The number of imidazole rings is 1. The average Bonchev–Trinajstić information content (AvgIpc) is 3.23. The third-order valence-electron chi connectivity index (χ3n) is 4.59. The Kier molecular flexibility index (Phi) is 5.93. The van der Waals surface area contributed by atoms with Crippen LogP contribution in [0.2, 0.25) is 0 Å². The first-order valence-corrected chi connectivity index (χ1v) is 9.88. The lowest BCUT2D eigenvalue weighted by atomic mass is 10.1. The number of carbonyl (C=O) groups excluding carboxylic acids is 2. The molecule has 0 bridgehead atoms. The van der Waals surface area contributed by atoms with Gasteiger partial charge in [0.15, 0.2) is 6.61 Å². The molecule has 156 valence electrons. The predicted octanol–water partition coefficient (Wildman–Crippen LogP) is 4.42. The van der Waals surface area contributed by atoms with Crippen LogP contribution in [0.1, 0.15) is 17.3 Å². The zero-order chi connectivity index (χ0) is 21.6. The molecule has 31 heavy (non-hydrogen) atoms. The second-order valence-corrected chi connectivity index (χ2v) is 6.70. The molecule has 0 aliphatic carbocycles. The molecule has 0 aliphatic heterocycles. The normalized spacial score (nSPS) is 10.6. The molecule has 0 aliphatic rings. The second-order valence-electron chi connectivity index (χ2n) is 6.70. The zero-order valence-corrected chi connectivity index (χ0v) is 16.9. The van der Waals surface area contributed by atoms with Gasteiger partial charge >= 0.3 is 5.97 Å². The van der Waals surface area contributed by atoms with Gasteiger partial charge in [0.25, 0.3) is 5.91 Å². The Hall–Kier alpha value is -4.13. The van der Waals surface area contributed by atoms with E-state index >= 15 is 0 Å². The first-order chi connectivity index (χ1) is 15.2. The highest BCUT2D eigenvalue weighted by atomic mass is 16.5. The van der Waals surface area contributed by atoms with Gasteiger partial charge in [-0.1, -0.05) is 42.5 Å². The summed E-state index contributed by atoms with van der Waals surface area (Å²) >= 11 is 0. The minimum absolute atomic E-state index is 0.323. The number of para-hydroxylation sites is 4. The molecular weight excluding hydrogens is 394 g/mol. The molecule has 7 nitrogen and oxygen atoms in total. The number of H-pyrrole nitrogens is 1. The summed E-state index contributed by atoms with van der Waals surface area (Å²) in [6.07, 6.45) is 0. The van der Waals surface area contributed by atoms with E-state index in [1.807, 2.05) is 43.3 Å². The number of carbonyl (C=O) groups is 2. The molecular formula is C24H21N3O4. The van der Waals surface area contributed by atoms with E-state index in [-0.39, 0.29) is 0 Å². The smallest absolute Gasteiger partial charge is 0.339 e. The highest BCUT2D eigenvalue weighted by Gasteiger charge is 2.18. The first-order valence-electron chi connectivity index (χ1n) is 9.88. The zero-order valence-electron chi connectivity index (χ0n) is 16.9. The lowest BCUT2D eigenvalue weighted by molar-refractivity contribution is -0.119. The van der Waals surface area contributed by atoms with E-state index in [9.17, 15) is 9.59 Å². The molecule has 0 saturated carbocycles. The van der Waals surface area contributed by atoms with Gasteiger partial charge in [0.1, 0.15) is 11.6 Å². The third-order valence-corrected chi connectivity index (χ3v) is 4.59. The van der Waals surface area contributed by atoms with Gasteiger partial charge in [-0.15, -0.1) is 0 Å². The van der Waals surface area contributed by atoms with E-state index in [1.54, 1.807) is 36.4 Å². The van der Waals surface area contributed by atoms with Gasteiger partial charge in [-0.25, -0.2) is 9.78 Å². The molecule has 1 amide bonds. The lowest BCUT2D eigenvalue weighted by Gasteiger charge is -2.12. The summed E-state index contributed by atoms with van der Waals surface area (Å²) in [6, 6.07) is 21.7. The Morgan fingerprint density at radius 2 is 1.71 bits per heavy atom. The molecule has 0 fully saturated rings. The fourth-order valence-electron chi connectivity index (χ4n) is 3.19. The summed E-state index contributed by atoms with van der Waals surface area (Å²) in [4.78, 5) is 32.8. The van der Waals surface area contributed by atoms with Gasteiger partial charge < -0.3 is 19.8 Å². The standard InChI is InChI=1S/C24H21N3O4/c1-2-30-21-14-8-7-13-20(21)25-22(28)15-31-24(29)17-10-4-3-9-16(17)23-26-18-11-5-6-12-19(18)27-23/h3-14H,2,15H2,1H3,(H,25,28)(H,26,27). The Balaban J connectivity index is 1.47. The third kappa shape index (κ3) is 4.56. The van der Waals surface area contributed by atoms with Crippen molar-refractivity contribution in [3.8, 4) is 17.1 Å². The maximum absolute atomic E-state index is 12.7. The molecule has 0 radical (unpaired) electrons. The fraction of sp³-hybridized carbons (Fsp3) is 0.125. The number of amides is 1. The summed E-state index contributed by atoms with van der Waals surface area (Å²) in [7, 11) is 0. The topological polar surface area (TPSA) is 93.3 Å². The monoisotopic (exact) mass is 415 g/mol. The summed E-state index contributed by atoms with van der Waals surface area (Å²) in [5, 5.41) is 2.71. The average molecular weight is 415 g/mol. The minimum atomic E-state index is -0.607. The van der Waals surface area contributed by atoms with Crippen LogP contribution >= 0.6 is 0 Å². The highest BCUT2D eigenvalue weighted by molar-refractivity contribution is 5.99. The molecule has 0 atom stereocenters. The van der Waals surface area contributed by atoms with Gasteiger partial charge in [0, 0.05) is 5.56 Å². The molecule has 4 aromatic rings. The number of aromatic nitrogens is 2. The van der Waals surface area contributed by atoms with E-state index in [1.165, 1.54) is 0 Å². The number of anilines is 1. The number of nitrogens with zero attached hydrogens (tertiary/aromatic N) is 1. The minimum Gasteiger partial charge on any atom is -0.492 e. The Labute approximate surface area is 179 Å². The summed E-state index contributed by atoms with van der Waals surface area (Å²) in [5.41, 5.74) is 3.11. The van der Waals surface area contributed by atoms with Crippen molar-refractivity contribution in [3.63, 3.8) is 0 Å². The molecule has 3 aromatic carbocycles. The van der Waals surface area contributed by atoms with Crippen molar-refractivity contribution in [1.82, 2.24) is 9.97 Å². The van der Waals surface area contributed by atoms with Crippen molar-refractivity contribution in [2.24, 2.45) is 0 Å². The molecule has 4 rings (SSSR count). The summed E-state index contributed by atoms with van der Waals surface area (Å²) in [5.74, 6) is 0.0507. The summed E-state index contributed by atoms with van der Waals surface area (Å²) < 4.78 is 10.8. The van der Waals surface area contributed by atoms with Gasteiger partial charge in [-0.3, -0.25) is 4.79 Å². The van der Waals surface area contributed by atoms with Crippen LogP contribution in [-0.2, 0) is 9.53 Å². The van der Waals surface area contributed by atoms with Gasteiger partial charge in [-0.05, 0) is 37.3 Å². The van der Waals surface area contributed by atoms with Gasteiger partial charge in [0.2, 0.25) is 0 Å². The number of aromatic amines is 1. The van der Waals surface area contributed by atoms with Crippen molar-refractivity contribution in [1.29, 1.82) is 0 Å². The van der Waals surface area contributed by atoms with Crippen LogP contribution in [0.5, 0.6) is 5.75 Å². The van der Waals surface area contributed by atoms with Crippen LogP contribution in [0.4, 0.5) is 5.69 Å². The SMILES string of the molecule is CCOc1ccccc1NC(=O)COC(=O)c1ccccc1-c1nc2ccccc2[nH]1. The molecule has 1 aromatic heterocycles. The molecule has 0 unspecified atom stereocenters. The molecule has 0 saturated heterocycles. The number of hydrogen-bond acceptors (Lipinski definition) is 5. The van der Waals surface area contributed by atoms with Crippen molar-refractivity contribution < 1.29 is 19.1 Å². The van der Waals surface area contributed by atoms with Gasteiger partial charge in [-0.2, -0.15) is 0 Å². The van der Waals surface area contributed by atoms with Crippen LogP contribution in [0.3, 0.4) is 0 Å². The van der Waals surface area contributed by atoms with E-state index in [2.05, 4.69) is 15.3 Å². The number of esters is 1. The highest BCUT2D eigenvalue weighted by Crippen LogP contribution is 2.25. The molecule has 0 spiro atoms. The number of benzene rings is 3. The van der Waals surface area contributed by atoms with Crippen LogP contribution in [0.15, 0.2) is 72.8 Å². The number of nitrogens with one attached hydrogen (secondary N) is 2. The predicted molar refractivity (Wildman–Crippen MR) is 118 cm³/mol. The maximum atomic E-state index is 12.7. The molecule has 1 heterocycles. The Morgan fingerprint density at radius 1 is 0.968 bits per heavy atom. The van der Waals surface area contributed by atoms with Crippen molar-refractivity contribution in [2.45, 2.75) is 6.92 Å². The molecule has 2 N–H and O–H groups in total. The number of rotatable bonds is 7. The quantitative estimate of drug-likeness (QED) is 0.436. The van der Waals surface area contributed by atoms with E-state index < -0.39 is 18.5 Å². The second kappa shape index (κ2) is 9.13. The first kappa shape index (κ1) is 20.2. The van der Waals surface area contributed by atoms with E-state index in [0.717, 1.165) is 11.0 Å². The van der Waals surface area contributed by atoms with Crippen LogP contribution in [-0.4, -0.2) is 35.1 Å². The van der Waals surface area contributed by atoms with Crippen LogP contribution < -0.4 is 10.1 Å². The van der Waals surface area contributed by atoms with E-state index in [4.69, 9.17) is 9.47 Å². The fourth-order valence-corrected chi connectivity index (χ4v) is 3.19. The Bertz CT molecular complexity index is 1200. The largest absolute Gasteiger partial charge is 0.492 e. The molecule has 7 heteroatoms. The summed E-state index contributed by atoms with van der Waals surface area (Å²) in [6.45, 7) is 1.91. The number of hydrogen-bond donors (Lipinski definition) is 2. The van der Waals surface area contributed by atoms with Crippen LogP contribution in [0.25, 0.3) is 22.4 Å². The lowest BCUT2D eigenvalue weighted by Crippen LogP contribution is -2.21. The number of ether oxygens (including phenoxy) is 2. The van der Waals surface area contributed by atoms with Crippen molar-refractivity contribution in [3.05, 3.63) is 78.4 Å². The van der Waals surface area contributed by atoms with Crippen molar-refractivity contribution in [2.75, 3.05) is 18.5 Å².